The standard InChI is InChI=1S/C49H47F2N9O8S/c50-30-13-18-58(25-30)69(65,66)55-42-10-8-40(51)45(39(42)23-52)68-35-6-9-41-38(20-35)48(64)60(28-53-41)32-3-1-31(2-4-32)56-16-14-34(15-17-56)67-36-21-49(22-36)26-57(27-49)33-5-7-37-29(19-33)24-59(47(37)63)43-11-12-44(61)54-46(43)62/h1-10,19-20,28,30,34,36,43,55H,11-18,21-22,24-27H2,(H,54,61,62)/t30-,43?/m1/s1. The number of hydrogen-bond donors (Lipinski definition) is 2. The number of nitriles is 1. The van der Waals surface area contributed by atoms with Gasteiger partial charge in [-0.1, -0.05) is 0 Å². The Morgan fingerprint density at radius 1 is 0.855 bits per heavy atom. The smallest absolute Gasteiger partial charge is 0.301 e. The highest BCUT2D eigenvalue weighted by Crippen LogP contribution is 2.52. The van der Waals surface area contributed by atoms with Crippen molar-refractivity contribution in [1.29, 1.82) is 5.26 Å². The van der Waals surface area contributed by atoms with Crippen molar-refractivity contribution in [2.45, 2.75) is 75.9 Å². The molecule has 6 aliphatic rings. The molecule has 1 spiro atoms. The van der Waals surface area contributed by atoms with Crippen LogP contribution in [0.5, 0.6) is 11.5 Å². The molecule has 6 heterocycles. The minimum absolute atomic E-state index is 0.0127. The number of hydrogen-bond acceptors (Lipinski definition) is 12. The molecule has 1 unspecified atom stereocenters. The normalized spacial score (nSPS) is 21.8. The first kappa shape index (κ1) is 44.5. The molecule has 1 aliphatic carbocycles. The molecule has 5 aromatic rings. The van der Waals surface area contributed by atoms with E-state index in [-0.39, 0.29) is 72.2 Å². The molecule has 4 aromatic carbocycles. The number of anilines is 3. The molecule has 2 N–H and O–H groups in total. The van der Waals surface area contributed by atoms with E-state index in [2.05, 4.69) is 30.9 Å². The van der Waals surface area contributed by atoms with Crippen molar-refractivity contribution in [2.24, 2.45) is 5.41 Å². The third kappa shape index (κ3) is 8.31. The highest BCUT2D eigenvalue weighted by Gasteiger charge is 2.53. The Kier molecular flexibility index (Phi) is 11.1. The van der Waals surface area contributed by atoms with E-state index >= 15 is 4.39 Å². The molecule has 2 atom stereocenters. The molecule has 4 saturated heterocycles. The third-order valence-electron chi connectivity index (χ3n) is 14.4. The van der Waals surface area contributed by atoms with Gasteiger partial charge in [-0.25, -0.2) is 13.8 Å². The summed E-state index contributed by atoms with van der Waals surface area (Å²) < 4.78 is 71.8. The first-order chi connectivity index (χ1) is 33.2. The summed E-state index contributed by atoms with van der Waals surface area (Å²) in [7, 11) is -4.24. The number of carbonyl (C=O) groups excluding carboxylic acids is 3. The minimum Gasteiger partial charge on any atom is -0.453 e. The van der Waals surface area contributed by atoms with Crippen LogP contribution in [0.4, 0.5) is 25.8 Å². The highest BCUT2D eigenvalue weighted by molar-refractivity contribution is 7.90. The van der Waals surface area contributed by atoms with Gasteiger partial charge in [0.05, 0.1) is 34.5 Å². The van der Waals surface area contributed by atoms with Crippen molar-refractivity contribution in [3.05, 3.63) is 112 Å². The predicted molar refractivity (Wildman–Crippen MR) is 249 cm³/mol. The number of imide groups is 1. The van der Waals surface area contributed by atoms with Crippen LogP contribution >= 0.6 is 0 Å². The minimum atomic E-state index is -4.24. The molecule has 1 aromatic heterocycles. The van der Waals surface area contributed by atoms with E-state index in [9.17, 15) is 37.2 Å². The highest BCUT2D eigenvalue weighted by atomic mass is 32.2. The van der Waals surface area contributed by atoms with Crippen LogP contribution in [0.1, 0.15) is 66.4 Å². The van der Waals surface area contributed by atoms with E-state index < -0.39 is 51.0 Å². The fraction of sp³-hybridized carbons (Fsp3) is 0.388. The molecular weight excluding hydrogens is 913 g/mol. The van der Waals surface area contributed by atoms with Crippen LogP contribution in [0.15, 0.2) is 83.9 Å². The van der Waals surface area contributed by atoms with Gasteiger partial charge in [0, 0.05) is 74.6 Å². The maximum absolute atomic E-state index is 15.2. The third-order valence-corrected chi connectivity index (χ3v) is 15.9. The average Bonchev–Trinajstić information content (AvgIpc) is 3.91. The van der Waals surface area contributed by atoms with Crippen molar-refractivity contribution in [1.82, 2.24) is 24.1 Å². The second-order valence-electron chi connectivity index (χ2n) is 18.9. The number of benzene rings is 4. The van der Waals surface area contributed by atoms with Crippen LogP contribution in [-0.2, 0) is 31.1 Å². The van der Waals surface area contributed by atoms with Crippen LogP contribution in [0.3, 0.4) is 0 Å². The average molecular weight is 960 g/mol. The summed E-state index contributed by atoms with van der Waals surface area (Å²) in [5, 5.41) is 12.5. The first-order valence-electron chi connectivity index (χ1n) is 23.1. The summed E-state index contributed by atoms with van der Waals surface area (Å²) in [6.45, 7) is 3.49. The molecule has 356 valence electrons. The van der Waals surface area contributed by atoms with Crippen molar-refractivity contribution < 1.29 is 41.1 Å². The summed E-state index contributed by atoms with van der Waals surface area (Å²) in [6.07, 6.45) is 4.92. The number of carbonyl (C=O) groups is 3. The Morgan fingerprint density at radius 2 is 1.61 bits per heavy atom. The zero-order valence-electron chi connectivity index (χ0n) is 37.3. The predicted octanol–water partition coefficient (Wildman–Crippen LogP) is 5.30. The zero-order valence-corrected chi connectivity index (χ0v) is 38.1. The number of rotatable bonds is 11. The fourth-order valence-electron chi connectivity index (χ4n) is 10.7. The van der Waals surface area contributed by atoms with Crippen molar-refractivity contribution in [3.63, 3.8) is 0 Å². The SMILES string of the molecule is N#Cc1c(NS(=O)(=O)N2CC[C@@H](F)C2)ccc(F)c1Oc1ccc2ncn(-c3ccc(N4CCC(OC5CC6(C5)CN(c5ccc7c(c5)CN(C5CCC(=O)NC5=O)C7=O)C6)CC4)cc3)c(=O)c2c1. The number of aromatic nitrogens is 2. The Balaban J connectivity index is 0.674. The Bertz CT molecular complexity index is 3140. The Hall–Kier alpha value is -6.95. The van der Waals surface area contributed by atoms with Crippen LogP contribution in [0.25, 0.3) is 16.6 Å². The number of ether oxygens (including phenoxy) is 2. The molecule has 11 rings (SSSR count). The van der Waals surface area contributed by atoms with Gasteiger partial charge >= 0.3 is 10.2 Å². The Morgan fingerprint density at radius 3 is 2.33 bits per heavy atom. The number of nitrogens with one attached hydrogen (secondary N) is 2. The lowest BCUT2D eigenvalue weighted by atomic mass is 9.61. The molecule has 0 radical (unpaired) electrons. The van der Waals surface area contributed by atoms with Gasteiger partial charge in [-0.05, 0) is 117 Å². The van der Waals surface area contributed by atoms with E-state index in [1.54, 1.807) is 11.0 Å². The maximum Gasteiger partial charge on any atom is 0.301 e. The lowest BCUT2D eigenvalue weighted by Crippen LogP contribution is -2.64. The van der Waals surface area contributed by atoms with Crippen molar-refractivity contribution in [3.8, 4) is 23.3 Å². The number of halogens is 2. The molecule has 1 saturated carbocycles. The molecular formula is C49H47F2N9O8S. The topological polar surface area (TPSA) is 200 Å². The van der Waals surface area contributed by atoms with Crippen molar-refractivity contribution in [2.75, 3.05) is 53.8 Å². The van der Waals surface area contributed by atoms with Gasteiger partial charge in [-0.3, -0.25) is 33.8 Å². The fourth-order valence-corrected chi connectivity index (χ4v) is 12.0. The second kappa shape index (κ2) is 17.2. The molecule has 5 fully saturated rings. The molecule has 5 aliphatic heterocycles. The molecule has 3 amide bonds. The first-order valence-corrected chi connectivity index (χ1v) is 24.5. The maximum atomic E-state index is 15.2. The quantitative estimate of drug-likeness (QED) is 0.162. The molecule has 20 heteroatoms. The summed E-state index contributed by atoms with van der Waals surface area (Å²) in [5.41, 5.74) is 3.69. The van der Waals surface area contributed by atoms with Crippen LogP contribution in [0.2, 0.25) is 0 Å². The molecule has 17 nitrogen and oxygen atoms in total. The second-order valence-corrected chi connectivity index (χ2v) is 20.6. The van der Waals surface area contributed by atoms with Gasteiger partial charge in [0.2, 0.25) is 11.8 Å². The number of piperidine rings is 2. The summed E-state index contributed by atoms with van der Waals surface area (Å²) in [6, 6.07) is 21.1. The summed E-state index contributed by atoms with van der Waals surface area (Å²) in [4.78, 5) is 61.8. The summed E-state index contributed by atoms with van der Waals surface area (Å²) >= 11 is 0. The van der Waals surface area contributed by atoms with E-state index in [1.165, 1.54) is 29.1 Å². The van der Waals surface area contributed by atoms with Gasteiger partial charge in [-0.15, -0.1) is 0 Å². The van der Waals surface area contributed by atoms with Gasteiger partial charge in [0.25, 0.3) is 11.5 Å². The molecule has 69 heavy (non-hydrogen) atoms. The largest absolute Gasteiger partial charge is 0.453 e. The lowest BCUT2D eigenvalue weighted by Gasteiger charge is -2.60. The van der Waals surface area contributed by atoms with E-state index in [0.29, 0.717) is 29.7 Å². The van der Waals surface area contributed by atoms with Gasteiger partial charge in [-0.2, -0.15) is 18.0 Å². The van der Waals surface area contributed by atoms with Gasteiger partial charge in [0.1, 0.15) is 35.9 Å². The number of fused-ring (bicyclic) bond motifs is 2. The van der Waals surface area contributed by atoms with E-state index in [1.807, 2.05) is 36.4 Å². The molecule has 0 bridgehead atoms. The van der Waals surface area contributed by atoms with Crippen LogP contribution in [0, 0.1) is 22.6 Å². The monoisotopic (exact) mass is 959 g/mol. The van der Waals surface area contributed by atoms with E-state index in [4.69, 9.17) is 9.47 Å². The number of amides is 3. The number of alkyl halides is 1. The van der Waals surface area contributed by atoms with Crippen LogP contribution < -0.4 is 30.1 Å². The number of nitrogens with zero attached hydrogens (tertiary/aromatic N) is 7. The lowest BCUT2D eigenvalue weighted by molar-refractivity contribution is -0.137. The zero-order chi connectivity index (χ0) is 47.8. The van der Waals surface area contributed by atoms with Crippen molar-refractivity contribution >= 4 is 55.9 Å². The van der Waals surface area contributed by atoms with Crippen LogP contribution in [-0.4, -0.2) is 109 Å². The van der Waals surface area contributed by atoms with Gasteiger partial charge < -0.3 is 24.2 Å². The Labute approximate surface area is 395 Å². The van der Waals surface area contributed by atoms with Gasteiger partial charge in [0.15, 0.2) is 11.6 Å². The van der Waals surface area contributed by atoms with E-state index in [0.717, 1.165) is 85.2 Å². The summed E-state index contributed by atoms with van der Waals surface area (Å²) in [5.74, 6) is -2.35.